The van der Waals surface area contributed by atoms with Crippen molar-refractivity contribution >= 4 is 33.9 Å². The lowest BCUT2D eigenvalue weighted by molar-refractivity contribution is 0.503. The third-order valence-electron chi connectivity index (χ3n) is 4.74. The molecule has 0 radical (unpaired) electrons. The summed E-state index contributed by atoms with van der Waals surface area (Å²) >= 11 is 1.58. The van der Waals surface area contributed by atoms with Crippen LogP contribution in [0.1, 0.15) is 6.42 Å². The molecule has 30 heavy (non-hydrogen) atoms. The number of hydrogen-bond acceptors (Lipinski definition) is 6. The second-order valence-electron chi connectivity index (χ2n) is 6.64. The van der Waals surface area contributed by atoms with Gasteiger partial charge in [0.05, 0.1) is 22.8 Å². The predicted octanol–water partition coefficient (Wildman–Crippen LogP) is 4.04. The molecule has 5 rings (SSSR count). The summed E-state index contributed by atoms with van der Waals surface area (Å²) in [5.41, 5.74) is 2.79. The highest BCUT2D eigenvalue weighted by Gasteiger charge is 2.12. The average molecular weight is 421 g/mol. The number of oxazole rings is 1. The Hall–Kier alpha value is -3.46. The van der Waals surface area contributed by atoms with E-state index in [-0.39, 0.29) is 11.6 Å². The fraction of sp³-hybridized carbons (Fsp3) is 0.143. The minimum Gasteiger partial charge on any atom is -0.408 e. The number of para-hydroxylation sites is 2. The van der Waals surface area contributed by atoms with E-state index in [4.69, 9.17) is 4.42 Å². The Morgan fingerprint density at radius 3 is 2.77 bits per heavy atom. The zero-order valence-corrected chi connectivity index (χ0v) is 16.6. The first-order chi connectivity index (χ1) is 14.7. The van der Waals surface area contributed by atoms with Crippen LogP contribution in [0.2, 0.25) is 0 Å². The van der Waals surface area contributed by atoms with Crippen LogP contribution in [0.3, 0.4) is 0 Å². The summed E-state index contributed by atoms with van der Waals surface area (Å²) in [5.74, 6) is 0.122. The van der Waals surface area contributed by atoms with Crippen molar-refractivity contribution in [3.63, 3.8) is 0 Å². The van der Waals surface area contributed by atoms with Gasteiger partial charge in [-0.2, -0.15) is 5.10 Å². The number of rotatable bonds is 6. The summed E-state index contributed by atoms with van der Waals surface area (Å²) in [6.07, 6.45) is 3.99. The standard InChI is InChI=1S/C21H16FN5O2S/c22-14-6-8-15(9-7-14)27-19-16(12-25-27)20(24-13-23-19)30-11-3-10-26-17-4-1-2-5-18(17)29-21(26)28/h1-2,4-9,12-13H,3,10-11H2. The zero-order valence-electron chi connectivity index (χ0n) is 15.7. The van der Waals surface area contributed by atoms with E-state index in [1.807, 2.05) is 18.2 Å². The minimum atomic E-state index is -0.341. The first-order valence-corrected chi connectivity index (χ1v) is 10.3. The van der Waals surface area contributed by atoms with Crippen LogP contribution in [0.5, 0.6) is 0 Å². The van der Waals surface area contributed by atoms with E-state index in [9.17, 15) is 9.18 Å². The highest BCUT2D eigenvalue weighted by molar-refractivity contribution is 7.99. The van der Waals surface area contributed by atoms with Crippen molar-refractivity contribution in [1.82, 2.24) is 24.3 Å². The quantitative estimate of drug-likeness (QED) is 0.234. The van der Waals surface area contributed by atoms with Gasteiger partial charge in [0.1, 0.15) is 17.2 Å². The molecule has 5 aromatic rings. The number of fused-ring (bicyclic) bond motifs is 2. The Labute approximate surface area is 174 Å². The highest BCUT2D eigenvalue weighted by atomic mass is 32.2. The maximum absolute atomic E-state index is 13.2. The molecule has 0 bridgehead atoms. The molecule has 0 aliphatic heterocycles. The summed E-state index contributed by atoms with van der Waals surface area (Å²) in [5, 5.41) is 6.04. The van der Waals surface area contributed by atoms with Gasteiger partial charge in [0.2, 0.25) is 0 Å². The van der Waals surface area contributed by atoms with Crippen LogP contribution >= 0.6 is 11.8 Å². The third kappa shape index (κ3) is 3.37. The van der Waals surface area contributed by atoms with Crippen LogP contribution in [0.15, 0.2) is 75.3 Å². The van der Waals surface area contributed by atoms with Crippen molar-refractivity contribution < 1.29 is 8.81 Å². The van der Waals surface area contributed by atoms with Crippen molar-refractivity contribution in [2.24, 2.45) is 0 Å². The fourth-order valence-corrected chi connectivity index (χ4v) is 4.21. The van der Waals surface area contributed by atoms with E-state index in [1.165, 1.54) is 18.5 Å². The van der Waals surface area contributed by atoms with Crippen LogP contribution in [0, 0.1) is 5.82 Å². The first-order valence-electron chi connectivity index (χ1n) is 9.36. The zero-order chi connectivity index (χ0) is 20.5. The molecule has 7 nitrogen and oxygen atoms in total. The van der Waals surface area contributed by atoms with E-state index < -0.39 is 0 Å². The molecule has 0 saturated carbocycles. The van der Waals surface area contributed by atoms with E-state index in [1.54, 1.807) is 45.4 Å². The number of thioether (sulfide) groups is 1. The van der Waals surface area contributed by atoms with Crippen LogP contribution in [-0.2, 0) is 6.54 Å². The predicted molar refractivity (Wildman–Crippen MR) is 112 cm³/mol. The minimum absolute atomic E-state index is 0.300. The van der Waals surface area contributed by atoms with E-state index >= 15 is 0 Å². The Morgan fingerprint density at radius 1 is 1.07 bits per heavy atom. The first kappa shape index (κ1) is 18.6. The van der Waals surface area contributed by atoms with Gasteiger partial charge in [0.25, 0.3) is 0 Å². The van der Waals surface area contributed by atoms with Gasteiger partial charge in [0, 0.05) is 12.3 Å². The molecular formula is C21H16FN5O2S. The molecule has 0 spiro atoms. The van der Waals surface area contributed by atoms with Gasteiger partial charge in [-0.3, -0.25) is 4.57 Å². The number of aromatic nitrogens is 5. The summed E-state index contributed by atoms with van der Waals surface area (Å²) in [4.78, 5) is 20.8. The highest BCUT2D eigenvalue weighted by Crippen LogP contribution is 2.26. The van der Waals surface area contributed by atoms with Crippen molar-refractivity contribution in [1.29, 1.82) is 0 Å². The van der Waals surface area contributed by atoms with Crippen LogP contribution in [0.25, 0.3) is 27.8 Å². The number of hydrogen-bond donors (Lipinski definition) is 0. The van der Waals surface area contributed by atoms with Crippen LogP contribution in [-0.4, -0.2) is 30.1 Å². The molecule has 0 unspecified atom stereocenters. The monoisotopic (exact) mass is 421 g/mol. The molecule has 0 N–H and O–H groups in total. The molecule has 3 aromatic heterocycles. The van der Waals surface area contributed by atoms with E-state index in [0.717, 1.165) is 33.8 Å². The van der Waals surface area contributed by atoms with E-state index in [2.05, 4.69) is 15.1 Å². The number of nitrogens with zero attached hydrogens (tertiary/aromatic N) is 5. The largest absolute Gasteiger partial charge is 0.419 e. The van der Waals surface area contributed by atoms with Crippen molar-refractivity contribution in [3.05, 3.63) is 77.4 Å². The van der Waals surface area contributed by atoms with Crippen LogP contribution < -0.4 is 5.76 Å². The summed E-state index contributed by atoms with van der Waals surface area (Å²) in [6, 6.07) is 13.5. The SMILES string of the molecule is O=c1oc2ccccc2n1CCCSc1ncnc2c1cnn2-c1ccc(F)cc1. The molecule has 0 atom stereocenters. The fourth-order valence-electron chi connectivity index (χ4n) is 3.33. The Kier molecular flexibility index (Phi) is 4.80. The summed E-state index contributed by atoms with van der Waals surface area (Å²) < 4.78 is 21.8. The topological polar surface area (TPSA) is 78.7 Å². The van der Waals surface area contributed by atoms with Crippen molar-refractivity contribution in [2.45, 2.75) is 18.0 Å². The van der Waals surface area contributed by atoms with Gasteiger partial charge < -0.3 is 4.42 Å². The lowest BCUT2D eigenvalue weighted by Gasteiger charge is -2.05. The Bertz CT molecular complexity index is 1390. The number of aryl methyl sites for hydroxylation is 1. The average Bonchev–Trinajstić information content (AvgIpc) is 3.33. The number of benzene rings is 2. The van der Waals surface area contributed by atoms with Gasteiger partial charge in [-0.15, -0.1) is 11.8 Å². The van der Waals surface area contributed by atoms with Gasteiger partial charge >= 0.3 is 5.76 Å². The normalized spacial score (nSPS) is 11.5. The lowest BCUT2D eigenvalue weighted by Crippen LogP contribution is -2.14. The molecule has 9 heteroatoms. The molecule has 0 amide bonds. The van der Waals surface area contributed by atoms with Gasteiger partial charge in [-0.05, 0) is 42.8 Å². The van der Waals surface area contributed by atoms with Crippen molar-refractivity contribution in [3.8, 4) is 5.69 Å². The summed E-state index contributed by atoms with van der Waals surface area (Å²) in [7, 11) is 0. The maximum atomic E-state index is 13.2. The van der Waals surface area contributed by atoms with Crippen LogP contribution in [0.4, 0.5) is 4.39 Å². The maximum Gasteiger partial charge on any atom is 0.419 e. The molecule has 150 valence electrons. The molecular weight excluding hydrogens is 405 g/mol. The Morgan fingerprint density at radius 2 is 1.90 bits per heavy atom. The third-order valence-corrected chi connectivity index (χ3v) is 5.83. The Balaban J connectivity index is 1.32. The van der Waals surface area contributed by atoms with Gasteiger partial charge in [0.15, 0.2) is 11.2 Å². The van der Waals surface area contributed by atoms with Gasteiger partial charge in [-0.25, -0.2) is 23.8 Å². The van der Waals surface area contributed by atoms with Gasteiger partial charge in [-0.1, -0.05) is 12.1 Å². The second-order valence-corrected chi connectivity index (χ2v) is 7.72. The summed E-state index contributed by atoms with van der Waals surface area (Å²) in [6.45, 7) is 0.561. The molecule has 0 aliphatic rings. The molecule has 3 heterocycles. The van der Waals surface area contributed by atoms with E-state index in [0.29, 0.717) is 17.8 Å². The molecule has 2 aromatic carbocycles. The second kappa shape index (κ2) is 7.75. The molecule has 0 aliphatic carbocycles. The molecule has 0 fully saturated rings. The van der Waals surface area contributed by atoms with Crippen molar-refractivity contribution in [2.75, 3.05) is 5.75 Å². The lowest BCUT2D eigenvalue weighted by atomic mass is 10.3. The molecule has 0 saturated heterocycles. The smallest absolute Gasteiger partial charge is 0.408 e. The number of halogens is 1.